The molecule has 0 saturated carbocycles. The fraction of sp³-hybridized carbons (Fsp3) is 0.579. The molecule has 0 bridgehead atoms. The minimum absolute atomic E-state index is 0.252. The highest BCUT2D eigenvalue weighted by atomic mass is 16.5. The minimum Gasteiger partial charge on any atom is -0.465 e. The van der Waals surface area contributed by atoms with E-state index >= 15 is 0 Å². The van der Waals surface area contributed by atoms with E-state index in [0.717, 1.165) is 32.7 Å². The Labute approximate surface area is 155 Å². The van der Waals surface area contributed by atoms with Gasteiger partial charge < -0.3 is 20.1 Å². The highest BCUT2D eigenvalue weighted by Crippen LogP contribution is 2.14. The Morgan fingerprint density at radius 1 is 1.19 bits per heavy atom. The minimum atomic E-state index is -0.400. The third-order valence-corrected chi connectivity index (χ3v) is 4.37. The first-order chi connectivity index (χ1) is 12.5. The molecule has 2 rings (SSSR count). The molecule has 0 unspecified atom stereocenters. The summed E-state index contributed by atoms with van der Waals surface area (Å²) < 4.78 is 10.1. The fourth-order valence-corrected chi connectivity index (χ4v) is 3.04. The number of rotatable bonds is 7. The van der Waals surface area contributed by atoms with Crippen LogP contribution in [0.5, 0.6) is 0 Å². The molecule has 1 aliphatic rings. The first-order valence-electron chi connectivity index (χ1n) is 9.04. The number of nitrogens with one attached hydrogen (secondary N) is 2. The van der Waals surface area contributed by atoms with Crippen molar-refractivity contribution in [3.05, 3.63) is 29.8 Å². The van der Waals surface area contributed by atoms with Gasteiger partial charge in [-0.2, -0.15) is 0 Å². The fourth-order valence-electron chi connectivity index (χ4n) is 3.04. The summed E-state index contributed by atoms with van der Waals surface area (Å²) in [7, 11) is 1.34. The number of methoxy groups -OCH3 is 1. The van der Waals surface area contributed by atoms with Crippen LogP contribution in [-0.2, 0) is 9.47 Å². The average molecular weight is 363 g/mol. The van der Waals surface area contributed by atoms with Crippen molar-refractivity contribution < 1.29 is 19.1 Å². The number of anilines is 1. The van der Waals surface area contributed by atoms with Crippen LogP contribution in [-0.4, -0.2) is 62.9 Å². The zero-order valence-corrected chi connectivity index (χ0v) is 15.8. The molecule has 7 nitrogen and oxygen atoms in total. The zero-order valence-electron chi connectivity index (χ0n) is 15.8. The lowest BCUT2D eigenvalue weighted by molar-refractivity contribution is 0.0130. The molecule has 0 aromatic heterocycles. The van der Waals surface area contributed by atoms with Crippen molar-refractivity contribution >= 4 is 17.7 Å². The van der Waals surface area contributed by atoms with Crippen LogP contribution in [0.1, 0.15) is 30.6 Å². The first kappa shape index (κ1) is 20.2. The lowest BCUT2D eigenvalue weighted by Gasteiger charge is -2.35. The van der Waals surface area contributed by atoms with Gasteiger partial charge in [0.15, 0.2) is 0 Å². The Hall–Kier alpha value is -2.12. The second kappa shape index (κ2) is 10.1. The molecule has 0 aliphatic carbocycles. The number of benzene rings is 1. The second-order valence-corrected chi connectivity index (χ2v) is 6.84. The molecule has 1 aromatic carbocycles. The van der Waals surface area contributed by atoms with E-state index in [2.05, 4.69) is 34.1 Å². The molecule has 144 valence electrons. The molecular weight excluding hydrogens is 334 g/mol. The van der Waals surface area contributed by atoms with Crippen molar-refractivity contribution in [1.82, 2.24) is 10.2 Å². The van der Waals surface area contributed by atoms with Gasteiger partial charge in [0.25, 0.3) is 0 Å². The van der Waals surface area contributed by atoms with E-state index in [4.69, 9.17) is 4.74 Å². The molecule has 1 fully saturated rings. The van der Waals surface area contributed by atoms with Gasteiger partial charge in [0.05, 0.1) is 25.9 Å². The Balaban J connectivity index is 1.85. The van der Waals surface area contributed by atoms with Gasteiger partial charge in [-0.3, -0.25) is 4.90 Å². The number of amides is 2. The number of carbonyl (C=O) groups excluding carboxylic acids is 2. The molecule has 1 atom stereocenters. The summed E-state index contributed by atoms with van der Waals surface area (Å²) in [5.74, 6) is 0.154. The lowest BCUT2D eigenvalue weighted by Crippen LogP contribution is -2.49. The molecule has 1 aromatic rings. The van der Waals surface area contributed by atoms with E-state index in [1.165, 1.54) is 7.11 Å². The number of morpholine rings is 1. The van der Waals surface area contributed by atoms with Gasteiger partial charge >= 0.3 is 12.0 Å². The van der Waals surface area contributed by atoms with E-state index in [1.807, 2.05) is 0 Å². The van der Waals surface area contributed by atoms with E-state index in [0.29, 0.717) is 29.8 Å². The van der Waals surface area contributed by atoms with Crippen LogP contribution in [0.4, 0.5) is 10.5 Å². The summed E-state index contributed by atoms with van der Waals surface area (Å²) in [4.78, 5) is 26.0. The molecule has 1 heterocycles. The molecule has 1 saturated heterocycles. The molecule has 0 spiro atoms. The Morgan fingerprint density at radius 3 is 2.42 bits per heavy atom. The van der Waals surface area contributed by atoms with Gasteiger partial charge in [0.1, 0.15) is 0 Å². The molecule has 0 radical (unpaired) electrons. The van der Waals surface area contributed by atoms with Gasteiger partial charge in [-0.1, -0.05) is 13.8 Å². The van der Waals surface area contributed by atoms with Crippen LogP contribution >= 0.6 is 0 Å². The molecule has 7 heteroatoms. The summed E-state index contributed by atoms with van der Waals surface area (Å²) in [5, 5.41) is 5.75. The summed E-state index contributed by atoms with van der Waals surface area (Å²) in [6, 6.07) is 6.65. The Morgan fingerprint density at radius 2 is 1.85 bits per heavy atom. The standard InChI is InChI=1S/C19H29N3O4/c1-14(2)12-17(22-8-10-26-11-9-22)13-20-19(24)21-16-6-4-15(5-7-16)18(23)25-3/h4-7,14,17H,8-13H2,1-3H3,(H2,20,21,24)/t17-/m0/s1. The highest BCUT2D eigenvalue weighted by molar-refractivity contribution is 5.92. The van der Waals surface area contributed by atoms with Crippen LogP contribution in [0.15, 0.2) is 24.3 Å². The molecular formula is C19H29N3O4. The lowest BCUT2D eigenvalue weighted by atomic mass is 10.0. The monoisotopic (exact) mass is 363 g/mol. The third kappa shape index (κ3) is 6.31. The van der Waals surface area contributed by atoms with E-state index < -0.39 is 5.97 Å². The van der Waals surface area contributed by atoms with E-state index in [1.54, 1.807) is 24.3 Å². The number of urea groups is 1. The maximum absolute atomic E-state index is 12.2. The van der Waals surface area contributed by atoms with Gasteiger partial charge in [-0.25, -0.2) is 9.59 Å². The van der Waals surface area contributed by atoms with Gasteiger partial charge in [0.2, 0.25) is 0 Å². The maximum atomic E-state index is 12.2. The maximum Gasteiger partial charge on any atom is 0.337 e. The summed E-state index contributed by atoms with van der Waals surface area (Å²) in [5.41, 5.74) is 1.07. The summed E-state index contributed by atoms with van der Waals surface area (Å²) >= 11 is 0. The third-order valence-electron chi connectivity index (χ3n) is 4.37. The SMILES string of the molecule is COC(=O)c1ccc(NC(=O)NC[C@H](CC(C)C)N2CCOCC2)cc1. The molecule has 26 heavy (non-hydrogen) atoms. The first-order valence-corrected chi connectivity index (χ1v) is 9.04. The number of nitrogens with zero attached hydrogens (tertiary/aromatic N) is 1. The zero-order chi connectivity index (χ0) is 18.9. The molecule has 2 amide bonds. The van der Waals surface area contributed by atoms with Crippen molar-refractivity contribution in [3.8, 4) is 0 Å². The van der Waals surface area contributed by atoms with Crippen LogP contribution < -0.4 is 10.6 Å². The Kier molecular flexibility index (Phi) is 7.87. The van der Waals surface area contributed by atoms with Crippen LogP contribution in [0.25, 0.3) is 0 Å². The Bertz CT molecular complexity index is 583. The number of hydrogen-bond acceptors (Lipinski definition) is 5. The predicted octanol–water partition coefficient (Wildman–Crippen LogP) is 2.34. The van der Waals surface area contributed by atoms with E-state index in [9.17, 15) is 9.59 Å². The molecule has 2 N–H and O–H groups in total. The number of ether oxygens (including phenoxy) is 2. The summed E-state index contributed by atoms with van der Waals surface area (Å²) in [6.45, 7) is 8.25. The number of carbonyl (C=O) groups is 2. The van der Waals surface area contributed by atoms with Crippen molar-refractivity contribution in [2.45, 2.75) is 26.3 Å². The van der Waals surface area contributed by atoms with Gasteiger partial charge in [0, 0.05) is 31.4 Å². The largest absolute Gasteiger partial charge is 0.465 e. The van der Waals surface area contributed by atoms with Crippen molar-refractivity contribution in [2.75, 3.05) is 45.3 Å². The van der Waals surface area contributed by atoms with Gasteiger partial charge in [-0.05, 0) is 36.6 Å². The highest BCUT2D eigenvalue weighted by Gasteiger charge is 2.22. The van der Waals surface area contributed by atoms with E-state index in [-0.39, 0.29) is 6.03 Å². The van der Waals surface area contributed by atoms with Crippen molar-refractivity contribution in [3.63, 3.8) is 0 Å². The predicted molar refractivity (Wildman–Crippen MR) is 100 cm³/mol. The second-order valence-electron chi connectivity index (χ2n) is 6.84. The van der Waals surface area contributed by atoms with Crippen LogP contribution in [0.3, 0.4) is 0 Å². The number of esters is 1. The van der Waals surface area contributed by atoms with Crippen molar-refractivity contribution in [2.24, 2.45) is 5.92 Å². The average Bonchev–Trinajstić information content (AvgIpc) is 2.65. The van der Waals surface area contributed by atoms with Crippen molar-refractivity contribution in [1.29, 1.82) is 0 Å². The number of hydrogen-bond donors (Lipinski definition) is 2. The quantitative estimate of drug-likeness (QED) is 0.727. The molecule has 1 aliphatic heterocycles. The topological polar surface area (TPSA) is 79.9 Å². The summed E-state index contributed by atoms with van der Waals surface area (Å²) in [6.07, 6.45) is 1.02. The normalized spacial score (nSPS) is 16.2. The van der Waals surface area contributed by atoms with Crippen LogP contribution in [0.2, 0.25) is 0 Å². The van der Waals surface area contributed by atoms with Gasteiger partial charge in [-0.15, -0.1) is 0 Å². The van der Waals surface area contributed by atoms with Crippen LogP contribution in [0, 0.1) is 5.92 Å². The smallest absolute Gasteiger partial charge is 0.337 e.